The zero-order valence-corrected chi connectivity index (χ0v) is 12.2. The summed E-state index contributed by atoms with van der Waals surface area (Å²) < 4.78 is 18.3. The predicted molar refractivity (Wildman–Crippen MR) is 75.8 cm³/mol. The third kappa shape index (κ3) is 3.57. The number of carbonyl (C=O) groups excluding carboxylic acids is 1. The molecule has 1 saturated heterocycles. The summed E-state index contributed by atoms with van der Waals surface area (Å²) in [4.78, 5) is 14.2. The van der Waals surface area contributed by atoms with E-state index in [9.17, 15) is 9.18 Å². The van der Waals surface area contributed by atoms with Crippen molar-refractivity contribution < 1.29 is 13.9 Å². The molecule has 1 atom stereocenters. The molecule has 4 heteroatoms. The van der Waals surface area contributed by atoms with E-state index in [2.05, 4.69) is 4.90 Å². The van der Waals surface area contributed by atoms with Gasteiger partial charge >= 0.3 is 5.97 Å². The number of ether oxygens (including phenoxy) is 1. The van der Waals surface area contributed by atoms with Crippen molar-refractivity contribution in [3.63, 3.8) is 0 Å². The molecule has 0 bridgehead atoms. The highest BCUT2D eigenvalue weighted by Gasteiger charge is 2.29. The van der Waals surface area contributed by atoms with Crippen LogP contribution in [0.2, 0.25) is 0 Å². The van der Waals surface area contributed by atoms with Gasteiger partial charge in [-0.1, -0.05) is 12.5 Å². The highest BCUT2D eigenvalue weighted by molar-refractivity contribution is 5.75. The maximum absolute atomic E-state index is 13.1. The summed E-state index contributed by atoms with van der Waals surface area (Å²) >= 11 is 0. The van der Waals surface area contributed by atoms with Gasteiger partial charge in [-0.15, -0.1) is 0 Å². The van der Waals surface area contributed by atoms with E-state index >= 15 is 0 Å². The Kier molecular flexibility index (Phi) is 5.12. The lowest BCUT2D eigenvalue weighted by Gasteiger charge is -2.34. The van der Waals surface area contributed by atoms with Crippen LogP contribution in [-0.2, 0) is 16.1 Å². The fraction of sp³-hybridized carbons (Fsp3) is 0.562. The Hall–Kier alpha value is -1.42. The maximum Gasteiger partial charge on any atom is 0.323 e. The average Bonchev–Trinajstić information content (AvgIpc) is 2.43. The number of rotatable bonds is 4. The first-order valence-corrected chi connectivity index (χ1v) is 7.27. The fourth-order valence-corrected chi connectivity index (χ4v) is 2.74. The van der Waals surface area contributed by atoms with Crippen LogP contribution in [0.4, 0.5) is 4.39 Å². The molecule has 1 unspecified atom stereocenters. The largest absolute Gasteiger partial charge is 0.465 e. The van der Waals surface area contributed by atoms with Crippen LogP contribution in [0.5, 0.6) is 0 Å². The van der Waals surface area contributed by atoms with Gasteiger partial charge in [0.1, 0.15) is 11.9 Å². The van der Waals surface area contributed by atoms with Crippen LogP contribution < -0.4 is 0 Å². The number of aryl methyl sites for hydroxylation is 1. The Labute approximate surface area is 119 Å². The molecule has 0 N–H and O–H groups in total. The minimum absolute atomic E-state index is 0.132. The molecule has 0 spiro atoms. The quantitative estimate of drug-likeness (QED) is 0.793. The molecule has 110 valence electrons. The van der Waals surface area contributed by atoms with E-state index < -0.39 is 0 Å². The fourth-order valence-electron chi connectivity index (χ4n) is 2.74. The molecule has 20 heavy (non-hydrogen) atoms. The molecule has 2 rings (SSSR count). The topological polar surface area (TPSA) is 29.5 Å². The average molecular weight is 279 g/mol. The Morgan fingerprint density at radius 1 is 1.45 bits per heavy atom. The zero-order chi connectivity index (χ0) is 14.5. The zero-order valence-electron chi connectivity index (χ0n) is 12.2. The van der Waals surface area contributed by atoms with Gasteiger partial charge in [0.2, 0.25) is 0 Å². The number of nitrogens with zero attached hydrogens (tertiary/aromatic N) is 1. The van der Waals surface area contributed by atoms with Crippen molar-refractivity contribution in [2.24, 2.45) is 0 Å². The smallest absolute Gasteiger partial charge is 0.323 e. The minimum Gasteiger partial charge on any atom is -0.465 e. The van der Waals surface area contributed by atoms with Gasteiger partial charge in [0, 0.05) is 6.54 Å². The van der Waals surface area contributed by atoms with Gasteiger partial charge in [0.15, 0.2) is 0 Å². The number of benzene rings is 1. The molecule has 1 aromatic carbocycles. The summed E-state index contributed by atoms with van der Waals surface area (Å²) in [6, 6.07) is 4.67. The number of halogens is 1. The normalized spacial score (nSPS) is 19.9. The number of hydrogen-bond donors (Lipinski definition) is 0. The SMILES string of the molecule is CCOC(=O)C1CCCCN1Cc1ccc(F)cc1C. The van der Waals surface area contributed by atoms with E-state index in [1.54, 1.807) is 6.07 Å². The van der Waals surface area contributed by atoms with Crippen LogP contribution in [0.1, 0.15) is 37.3 Å². The number of hydrogen-bond acceptors (Lipinski definition) is 3. The molecule has 0 saturated carbocycles. The molecule has 1 fully saturated rings. The molecule has 0 amide bonds. The molecule has 1 heterocycles. The summed E-state index contributed by atoms with van der Waals surface area (Å²) in [5.41, 5.74) is 2.00. The van der Waals surface area contributed by atoms with Gasteiger partial charge in [0.05, 0.1) is 6.61 Å². The van der Waals surface area contributed by atoms with E-state index in [4.69, 9.17) is 4.74 Å². The standard InChI is InChI=1S/C16H22FNO2/c1-3-20-16(19)15-6-4-5-9-18(15)11-13-7-8-14(17)10-12(13)2/h7-8,10,15H,3-6,9,11H2,1-2H3. The van der Waals surface area contributed by atoms with Gasteiger partial charge in [-0.3, -0.25) is 9.69 Å². The third-order valence-corrected chi connectivity index (χ3v) is 3.85. The third-order valence-electron chi connectivity index (χ3n) is 3.85. The Morgan fingerprint density at radius 3 is 2.95 bits per heavy atom. The lowest BCUT2D eigenvalue weighted by Crippen LogP contribution is -2.45. The second kappa shape index (κ2) is 6.84. The van der Waals surface area contributed by atoms with Crippen LogP contribution >= 0.6 is 0 Å². The van der Waals surface area contributed by atoms with E-state index in [1.165, 1.54) is 6.07 Å². The maximum atomic E-state index is 13.1. The molecular formula is C16H22FNO2. The summed E-state index contributed by atoms with van der Waals surface area (Å²) in [6.07, 6.45) is 3.00. The molecule has 1 aliphatic rings. The van der Waals surface area contributed by atoms with Crippen molar-refractivity contribution in [2.45, 2.75) is 45.7 Å². The van der Waals surface area contributed by atoms with Gasteiger partial charge in [-0.2, -0.15) is 0 Å². The van der Waals surface area contributed by atoms with E-state index in [-0.39, 0.29) is 17.8 Å². The molecule has 1 aliphatic heterocycles. The van der Waals surface area contributed by atoms with Crippen molar-refractivity contribution in [3.8, 4) is 0 Å². The van der Waals surface area contributed by atoms with Crippen LogP contribution in [-0.4, -0.2) is 30.1 Å². The molecule has 0 aliphatic carbocycles. The van der Waals surface area contributed by atoms with E-state index in [0.717, 1.165) is 36.9 Å². The van der Waals surface area contributed by atoms with Crippen molar-refractivity contribution in [1.82, 2.24) is 4.90 Å². The number of esters is 1. The summed E-state index contributed by atoms with van der Waals surface area (Å²) in [7, 11) is 0. The minimum atomic E-state index is -0.216. The van der Waals surface area contributed by atoms with Gasteiger partial charge in [-0.25, -0.2) is 4.39 Å². The lowest BCUT2D eigenvalue weighted by molar-refractivity contribution is -0.151. The first-order chi connectivity index (χ1) is 9.61. The van der Waals surface area contributed by atoms with Crippen molar-refractivity contribution >= 4 is 5.97 Å². The lowest BCUT2D eigenvalue weighted by atomic mass is 10.00. The second-order valence-electron chi connectivity index (χ2n) is 5.30. The number of likely N-dealkylation sites (tertiary alicyclic amines) is 1. The van der Waals surface area contributed by atoms with Crippen molar-refractivity contribution in [2.75, 3.05) is 13.2 Å². The monoisotopic (exact) mass is 279 g/mol. The Balaban J connectivity index is 2.10. The van der Waals surface area contributed by atoms with E-state index in [1.807, 2.05) is 19.9 Å². The van der Waals surface area contributed by atoms with Gasteiger partial charge in [-0.05, 0) is 56.5 Å². The first-order valence-electron chi connectivity index (χ1n) is 7.27. The highest BCUT2D eigenvalue weighted by Crippen LogP contribution is 2.22. The molecule has 0 radical (unpaired) electrons. The van der Waals surface area contributed by atoms with Gasteiger partial charge < -0.3 is 4.74 Å². The van der Waals surface area contributed by atoms with Crippen molar-refractivity contribution in [3.05, 3.63) is 35.1 Å². The molecule has 3 nitrogen and oxygen atoms in total. The molecular weight excluding hydrogens is 257 g/mol. The molecule has 0 aromatic heterocycles. The van der Waals surface area contributed by atoms with Gasteiger partial charge in [0.25, 0.3) is 0 Å². The first kappa shape index (κ1) is 15.0. The van der Waals surface area contributed by atoms with Crippen LogP contribution in [0.25, 0.3) is 0 Å². The van der Waals surface area contributed by atoms with Crippen molar-refractivity contribution in [1.29, 1.82) is 0 Å². The summed E-state index contributed by atoms with van der Waals surface area (Å²) in [6.45, 7) is 5.71. The number of piperidine rings is 1. The Morgan fingerprint density at radius 2 is 2.25 bits per heavy atom. The van der Waals surface area contributed by atoms with Crippen LogP contribution in [0.3, 0.4) is 0 Å². The van der Waals surface area contributed by atoms with Crippen LogP contribution in [0.15, 0.2) is 18.2 Å². The highest BCUT2D eigenvalue weighted by atomic mass is 19.1. The number of carbonyl (C=O) groups is 1. The Bertz CT molecular complexity index is 476. The summed E-state index contributed by atoms with van der Waals surface area (Å²) in [5, 5.41) is 0. The van der Waals surface area contributed by atoms with E-state index in [0.29, 0.717) is 13.2 Å². The summed E-state index contributed by atoms with van der Waals surface area (Å²) in [5.74, 6) is -0.348. The second-order valence-corrected chi connectivity index (χ2v) is 5.30. The predicted octanol–water partition coefficient (Wildman–Crippen LogP) is 3.05. The van der Waals surface area contributed by atoms with Crippen LogP contribution in [0, 0.1) is 12.7 Å². The molecule has 1 aromatic rings.